The van der Waals surface area contributed by atoms with Gasteiger partial charge in [0.25, 0.3) is 0 Å². The van der Waals surface area contributed by atoms with Crippen LogP contribution in [0.25, 0.3) is 0 Å². The number of aryl methyl sites for hydroxylation is 1. The number of rotatable bonds is 4. The third kappa shape index (κ3) is 2.77. The van der Waals surface area contributed by atoms with Gasteiger partial charge in [0.1, 0.15) is 12.1 Å². The number of pyridine rings is 1. The van der Waals surface area contributed by atoms with E-state index in [0.717, 1.165) is 24.6 Å². The second kappa shape index (κ2) is 4.54. The van der Waals surface area contributed by atoms with Gasteiger partial charge in [-0.3, -0.25) is 4.68 Å². The second-order valence-electron chi connectivity index (χ2n) is 3.23. The number of anilines is 1. The van der Waals surface area contributed by atoms with Crippen molar-refractivity contribution >= 4 is 5.82 Å². The number of hydrogen-bond acceptors (Lipinski definition) is 4. The first-order chi connectivity index (χ1) is 7.34. The van der Waals surface area contributed by atoms with E-state index in [-0.39, 0.29) is 0 Å². The van der Waals surface area contributed by atoms with Crippen molar-refractivity contribution in [1.29, 1.82) is 0 Å². The minimum atomic E-state index is 0.793. The fraction of sp³-hybridized carbons (Fsp3) is 0.300. The smallest absolute Gasteiger partial charge is 0.152 e. The van der Waals surface area contributed by atoms with Gasteiger partial charge in [-0.2, -0.15) is 5.10 Å². The molecule has 0 saturated carbocycles. The average molecular weight is 203 g/mol. The van der Waals surface area contributed by atoms with Gasteiger partial charge in [-0.15, -0.1) is 0 Å². The summed E-state index contributed by atoms with van der Waals surface area (Å²) in [6, 6.07) is 5.78. The van der Waals surface area contributed by atoms with Crippen LogP contribution in [0.5, 0.6) is 0 Å². The quantitative estimate of drug-likeness (QED) is 0.801. The molecule has 2 rings (SSSR count). The maximum atomic E-state index is 4.19. The summed E-state index contributed by atoms with van der Waals surface area (Å²) in [7, 11) is 1.86. The lowest BCUT2D eigenvalue weighted by atomic mass is 10.4. The van der Waals surface area contributed by atoms with Crippen LogP contribution >= 0.6 is 0 Å². The minimum absolute atomic E-state index is 0.793. The molecule has 0 fully saturated rings. The van der Waals surface area contributed by atoms with Gasteiger partial charge >= 0.3 is 0 Å². The van der Waals surface area contributed by atoms with Crippen LogP contribution in [0.3, 0.4) is 0 Å². The minimum Gasteiger partial charge on any atom is -0.370 e. The van der Waals surface area contributed by atoms with Crippen molar-refractivity contribution in [3.8, 4) is 0 Å². The van der Waals surface area contributed by atoms with Crippen molar-refractivity contribution in [3.05, 3.63) is 36.5 Å². The average Bonchev–Trinajstić information content (AvgIpc) is 2.66. The molecule has 0 aromatic carbocycles. The largest absolute Gasteiger partial charge is 0.370 e. The SMILES string of the molecule is Cn1cnc(CCNc2ccccn2)n1. The molecule has 0 saturated heterocycles. The van der Waals surface area contributed by atoms with Crippen molar-refractivity contribution in [2.75, 3.05) is 11.9 Å². The molecular formula is C10H13N5. The fourth-order valence-electron chi connectivity index (χ4n) is 1.27. The lowest BCUT2D eigenvalue weighted by molar-refractivity contribution is 0.742. The van der Waals surface area contributed by atoms with E-state index in [2.05, 4.69) is 20.4 Å². The standard InChI is InChI=1S/C10H13N5/c1-15-8-13-10(14-15)5-7-12-9-4-2-3-6-11-9/h2-4,6,8H,5,7H2,1H3,(H,11,12). The Hall–Kier alpha value is -1.91. The summed E-state index contributed by atoms with van der Waals surface area (Å²) >= 11 is 0. The van der Waals surface area contributed by atoms with Gasteiger partial charge in [0.05, 0.1) is 0 Å². The van der Waals surface area contributed by atoms with Crippen LogP contribution < -0.4 is 5.32 Å². The predicted octanol–water partition coefficient (Wildman–Crippen LogP) is 0.865. The van der Waals surface area contributed by atoms with Gasteiger partial charge in [0.2, 0.25) is 0 Å². The monoisotopic (exact) mass is 203 g/mol. The number of hydrogen-bond donors (Lipinski definition) is 1. The van der Waals surface area contributed by atoms with Crippen LogP contribution in [0.2, 0.25) is 0 Å². The molecule has 15 heavy (non-hydrogen) atoms. The van der Waals surface area contributed by atoms with E-state index < -0.39 is 0 Å². The van der Waals surface area contributed by atoms with Gasteiger partial charge in [-0.05, 0) is 12.1 Å². The molecule has 0 aliphatic heterocycles. The molecule has 5 nitrogen and oxygen atoms in total. The first-order valence-electron chi connectivity index (χ1n) is 4.84. The molecular weight excluding hydrogens is 190 g/mol. The van der Waals surface area contributed by atoms with Gasteiger partial charge in [0, 0.05) is 26.2 Å². The Morgan fingerprint density at radius 2 is 2.27 bits per heavy atom. The summed E-state index contributed by atoms with van der Waals surface area (Å²) in [6.45, 7) is 0.793. The van der Waals surface area contributed by atoms with E-state index in [1.54, 1.807) is 17.2 Å². The maximum absolute atomic E-state index is 4.19. The van der Waals surface area contributed by atoms with Gasteiger partial charge < -0.3 is 5.32 Å². The maximum Gasteiger partial charge on any atom is 0.152 e. The zero-order chi connectivity index (χ0) is 10.5. The number of nitrogens with zero attached hydrogens (tertiary/aromatic N) is 4. The Morgan fingerprint density at radius 3 is 2.93 bits per heavy atom. The third-order valence-electron chi connectivity index (χ3n) is 1.97. The molecule has 0 unspecified atom stereocenters. The van der Waals surface area contributed by atoms with Gasteiger partial charge in [-0.25, -0.2) is 9.97 Å². The van der Waals surface area contributed by atoms with Gasteiger partial charge in [0.15, 0.2) is 5.82 Å². The van der Waals surface area contributed by atoms with E-state index in [0.29, 0.717) is 0 Å². The predicted molar refractivity (Wildman–Crippen MR) is 57.4 cm³/mol. The van der Waals surface area contributed by atoms with Crippen LogP contribution in [0.4, 0.5) is 5.82 Å². The van der Waals surface area contributed by atoms with E-state index in [4.69, 9.17) is 0 Å². The Labute approximate surface area is 88.2 Å². The molecule has 0 aliphatic carbocycles. The molecule has 0 bridgehead atoms. The van der Waals surface area contributed by atoms with Gasteiger partial charge in [-0.1, -0.05) is 6.07 Å². The Balaban J connectivity index is 1.80. The van der Waals surface area contributed by atoms with E-state index in [9.17, 15) is 0 Å². The Bertz CT molecular complexity index is 409. The highest BCUT2D eigenvalue weighted by Crippen LogP contribution is 1.99. The van der Waals surface area contributed by atoms with E-state index in [1.807, 2.05) is 25.2 Å². The molecule has 0 amide bonds. The number of nitrogens with one attached hydrogen (secondary N) is 1. The lowest BCUT2D eigenvalue weighted by Crippen LogP contribution is -2.07. The van der Waals surface area contributed by atoms with Crippen molar-refractivity contribution in [2.24, 2.45) is 7.05 Å². The summed E-state index contributed by atoms with van der Waals surface area (Å²) in [5.41, 5.74) is 0. The Kier molecular flexibility index (Phi) is 2.92. The molecule has 2 aromatic rings. The van der Waals surface area contributed by atoms with Crippen LogP contribution in [0.1, 0.15) is 5.82 Å². The second-order valence-corrected chi connectivity index (χ2v) is 3.23. The van der Waals surface area contributed by atoms with E-state index >= 15 is 0 Å². The van der Waals surface area contributed by atoms with Crippen LogP contribution in [-0.2, 0) is 13.5 Å². The molecule has 0 radical (unpaired) electrons. The molecule has 78 valence electrons. The topological polar surface area (TPSA) is 55.6 Å². The Morgan fingerprint density at radius 1 is 1.33 bits per heavy atom. The molecule has 2 heterocycles. The molecule has 1 N–H and O–H groups in total. The molecule has 0 aliphatic rings. The summed E-state index contributed by atoms with van der Waals surface area (Å²) in [6.07, 6.45) is 4.27. The normalized spacial score (nSPS) is 10.2. The van der Waals surface area contributed by atoms with Crippen molar-refractivity contribution < 1.29 is 0 Å². The summed E-state index contributed by atoms with van der Waals surface area (Å²) < 4.78 is 1.70. The summed E-state index contributed by atoms with van der Waals surface area (Å²) in [5.74, 6) is 1.73. The third-order valence-corrected chi connectivity index (χ3v) is 1.97. The molecule has 0 spiro atoms. The van der Waals surface area contributed by atoms with E-state index in [1.165, 1.54) is 0 Å². The van der Waals surface area contributed by atoms with Crippen LogP contribution in [-0.4, -0.2) is 26.3 Å². The highest BCUT2D eigenvalue weighted by Gasteiger charge is 1.98. The zero-order valence-electron chi connectivity index (χ0n) is 8.59. The fourth-order valence-corrected chi connectivity index (χ4v) is 1.27. The molecule has 2 aromatic heterocycles. The zero-order valence-corrected chi connectivity index (χ0v) is 8.59. The summed E-state index contributed by atoms with van der Waals surface area (Å²) in [4.78, 5) is 8.30. The highest BCUT2D eigenvalue weighted by molar-refractivity contribution is 5.32. The first kappa shape index (κ1) is 9.64. The number of aromatic nitrogens is 4. The summed E-state index contributed by atoms with van der Waals surface area (Å²) in [5, 5.41) is 7.39. The first-order valence-corrected chi connectivity index (χ1v) is 4.84. The molecule has 0 atom stereocenters. The highest BCUT2D eigenvalue weighted by atomic mass is 15.3. The lowest BCUT2D eigenvalue weighted by Gasteiger charge is -2.02. The van der Waals surface area contributed by atoms with Crippen molar-refractivity contribution in [3.63, 3.8) is 0 Å². The van der Waals surface area contributed by atoms with Crippen molar-refractivity contribution in [2.45, 2.75) is 6.42 Å². The van der Waals surface area contributed by atoms with Crippen LogP contribution in [0.15, 0.2) is 30.7 Å². The molecule has 5 heteroatoms. The van der Waals surface area contributed by atoms with Crippen molar-refractivity contribution in [1.82, 2.24) is 19.7 Å². The van der Waals surface area contributed by atoms with Crippen LogP contribution in [0, 0.1) is 0 Å².